The number of carbonyl (C=O) groups is 1. The molecule has 0 aliphatic rings. The van der Waals surface area contributed by atoms with Crippen LogP contribution < -0.4 is 5.73 Å². The lowest BCUT2D eigenvalue weighted by atomic mass is 9.98. The number of nitrogens with zero attached hydrogens (tertiary/aromatic N) is 1. The summed E-state index contributed by atoms with van der Waals surface area (Å²) in [7, 11) is 0. The van der Waals surface area contributed by atoms with E-state index in [4.69, 9.17) is 5.73 Å². The zero-order chi connectivity index (χ0) is 13.8. The number of nitrogens with two attached hydrogens (primary N) is 1. The Kier molecular flexibility index (Phi) is 4.84. The lowest BCUT2D eigenvalue weighted by Crippen LogP contribution is -2.52. The topological polar surface area (TPSA) is 46.3 Å². The third kappa shape index (κ3) is 3.53. The predicted molar refractivity (Wildman–Crippen MR) is 70.4 cm³/mol. The molecule has 1 atom stereocenters. The SMILES string of the molecule is CCN(Cc1cccc(F)c1)C(=O)C(C)(N)CC. The molecule has 0 aliphatic carbocycles. The number of amides is 1. The molecule has 0 fully saturated rings. The molecule has 0 aromatic heterocycles. The molecule has 4 heteroatoms. The van der Waals surface area contributed by atoms with Gasteiger partial charge in [0.15, 0.2) is 0 Å². The third-order valence-corrected chi connectivity index (χ3v) is 3.15. The first kappa shape index (κ1) is 14.6. The average Bonchev–Trinajstić information content (AvgIpc) is 2.35. The maximum absolute atomic E-state index is 13.1. The molecule has 18 heavy (non-hydrogen) atoms. The van der Waals surface area contributed by atoms with E-state index in [1.165, 1.54) is 12.1 Å². The number of hydrogen-bond donors (Lipinski definition) is 1. The number of rotatable bonds is 5. The Labute approximate surface area is 108 Å². The van der Waals surface area contributed by atoms with Crippen LogP contribution in [0.3, 0.4) is 0 Å². The van der Waals surface area contributed by atoms with Crippen LogP contribution in [0.5, 0.6) is 0 Å². The van der Waals surface area contributed by atoms with Crippen LogP contribution in [-0.4, -0.2) is 22.9 Å². The first-order valence-electron chi connectivity index (χ1n) is 6.23. The lowest BCUT2D eigenvalue weighted by molar-refractivity contribution is -0.137. The van der Waals surface area contributed by atoms with Gasteiger partial charge in [0.25, 0.3) is 0 Å². The molecule has 1 unspecified atom stereocenters. The van der Waals surface area contributed by atoms with Crippen molar-refractivity contribution in [3.63, 3.8) is 0 Å². The standard InChI is InChI=1S/C14H21FN2O/c1-4-14(3,16)13(18)17(5-2)10-11-7-6-8-12(15)9-11/h6-9H,4-5,10,16H2,1-3H3. The summed E-state index contributed by atoms with van der Waals surface area (Å²) in [6.45, 7) is 6.45. The van der Waals surface area contributed by atoms with Crippen molar-refractivity contribution in [1.29, 1.82) is 0 Å². The van der Waals surface area contributed by atoms with Crippen molar-refractivity contribution in [2.24, 2.45) is 5.73 Å². The van der Waals surface area contributed by atoms with Gasteiger partial charge >= 0.3 is 0 Å². The van der Waals surface area contributed by atoms with Gasteiger partial charge in [-0.2, -0.15) is 0 Å². The van der Waals surface area contributed by atoms with E-state index in [0.717, 1.165) is 5.56 Å². The number of likely N-dealkylation sites (N-methyl/N-ethyl adjacent to an activating group) is 1. The van der Waals surface area contributed by atoms with Crippen molar-refractivity contribution in [3.05, 3.63) is 35.6 Å². The molecule has 0 bridgehead atoms. The van der Waals surface area contributed by atoms with E-state index in [1.807, 2.05) is 13.8 Å². The Hall–Kier alpha value is -1.42. The highest BCUT2D eigenvalue weighted by atomic mass is 19.1. The zero-order valence-electron chi connectivity index (χ0n) is 11.2. The molecule has 0 saturated heterocycles. The Balaban J connectivity index is 2.82. The van der Waals surface area contributed by atoms with E-state index in [0.29, 0.717) is 19.5 Å². The smallest absolute Gasteiger partial charge is 0.242 e. The Morgan fingerprint density at radius 2 is 2.11 bits per heavy atom. The summed E-state index contributed by atoms with van der Waals surface area (Å²) in [5.41, 5.74) is 5.87. The molecule has 3 nitrogen and oxygen atoms in total. The Morgan fingerprint density at radius 3 is 2.61 bits per heavy atom. The second kappa shape index (κ2) is 5.96. The zero-order valence-corrected chi connectivity index (χ0v) is 11.2. The van der Waals surface area contributed by atoms with Crippen molar-refractivity contribution in [1.82, 2.24) is 4.90 Å². The van der Waals surface area contributed by atoms with E-state index < -0.39 is 5.54 Å². The fourth-order valence-corrected chi connectivity index (χ4v) is 1.70. The number of benzene rings is 1. The van der Waals surface area contributed by atoms with Gasteiger partial charge in [-0.1, -0.05) is 19.1 Å². The normalized spacial score (nSPS) is 14.1. The summed E-state index contributed by atoms with van der Waals surface area (Å²) in [4.78, 5) is 13.9. The third-order valence-electron chi connectivity index (χ3n) is 3.15. The van der Waals surface area contributed by atoms with Gasteiger partial charge in [0.2, 0.25) is 5.91 Å². The molecule has 1 amide bonds. The van der Waals surface area contributed by atoms with E-state index in [-0.39, 0.29) is 11.7 Å². The minimum absolute atomic E-state index is 0.100. The minimum Gasteiger partial charge on any atom is -0.337 e. The molecule has 0 aliphatic heterocycles. The van der Waals surface area contributed by atoms with Gasteiger partial charge in [0.05, 0.1) is 5.54 Å². The van der Waals surface area contributed by atoms with E-state index in [2.05, 4.69) is 0 Å². The molecule has 0 saturated carbocycles. The number of carbonyl (C=O) groups excluding carboxylic acids is 1. The quantitative estimate of drug-likeness (QED) is 0.874. The summed E-state index contributed by atoms with van der Waals surface area (Å²) < 4.78 is 13.1. The van der Waals surface area contributed by atoms with Crippen LogP contribution in [0.25, 0.3) is 0 Å². The molecule has 1 aromatic rings. The van der Waals surface area contributed by atoms with Gasteiger partial charge in [0.1, 0.15) is 5.82 Å². The van der Waals surface area contributed by atoms with Crippen LogP contribution in [0, 0.1) is 5.82 Å². The van der Waals surface area contributed by atoms with Crippen molar-refractivity contribution in [3.8, 4) is 0 Å². The first-order valence-corrected chi connectivity index (χ1v) is 6.23. The largest absolute Gasteiger partial charge is 0.337 e. The maximum Gasteiger partial charge on any atom is 0.242 e. The van der Waals surface area contributed by atoms with E-state index in [9.17, 15) is 9.18 Å². The number of hydrogen-bond acceptors (Lipinski definition) is 2. The molecule has 100 valence electrons. The monoisotopic (exact) mass is 252 g/mol. The molecule has 2 N–H and O–H groups in total. The summed E-state index contributed by atoms with van der Waals surface area (Å²) in [6, 6.07) is 6.28. The molecular weight excluding hydrogens is 231 g/mol. The number of halogens is 1. The second-order valence-electron chi connectivity index (χ2n) is 4.72. The summed E-state index contributed by atoms with van der Waals surface area (Å²) >= 11 is 0. The van der Waals surface area contributed by atoms with Crippen LogP contribution in [0.2, 0.25) is 0 Å². The molecule has 0 spiro atoms. The van der Waals surface area contributed by atoms with Gasteiger partial charge in [-0.05, 0) is 38.0 Å². The lowest BCUT2D eigenvalue weighted by Gasteiger charge is -2.30. The highest BCUT2D eigenvalue weighted by Gasteiger charge is 2.30. The second-order valence-corrected chi connectivity index (χ2v) is 4.72. The van der Waals surface area contributed by atoms with E-state index >= 15 is 0 Å². The molecule has 1 rings (SSSR count). The van der Waals surface area contributed by atoms with Crippen LogP contribution in [0.4, 0.5) is 4.39 Å². The minimum atomic E-state index is -0.858. The van der Waals surface area contributed by atoms with Crippen LogP contribution in [0.15, 0.2) is 24.3 Å². The summed E-state index contributed by atoms with van der Waals surface area (Å²) in [5.74, 6) is -0.390. The van der Waals surface area contributed by atoms with Gasteiger partial charge in [-0.3, -0.25) is 4.79 Å². The fraction of sp³-hybridized carbons (Fsp3) is 0.500. The average molecular weight is 252 g/mol. The first-order chi connectivity index (χ1) is 8.40. The molecule has 0 heterocycles. The Morgan fingerprint density at radius 1 is 1.44 bits per heavy atom. The predicted octanol–water partition coefficient (Wildman–Crippen LogP) is 2.30. The maximum atomic E-state index is 13.1. The van der Waals surface area contributed by atoms with Crippen molar-refractivity contribution < 1.29 is 9.18 Å². The highest BCUT2D eigenvalue weighted by Crippen LogP contribution is 2.14. The van der Waals surface area contributed by atoms with Gasteiger partial charge in [0, 0.05) is 13.1 Å². The van der Waals surface area contributed by atoms with Crippen molar-refractivity contribution in [2.75, 3.05) is 6.54 Å². The van der Waals surface area contributed by atoms with Gasteiger partial charge in [-0.15, -0.1) is 0 Å². The van der Waals surface area contributed by atoms with Crippen LogP contribution in [0.1, 0.15) is 32.8 Å². The molecule has 0 radical (unpaired) electrons. The van der Waals surface area contributed by atoms with E-state index in [1.54, 1.807) is 24.0 Å². The summed E-state index contributed by atoms with van der Waals surface area (Å²) in [6.07, 6.45) is 0.575. The van der Waals surface area contributed by atoms with Crippen molar-refractivity contribution >= 4 is 5.91 Å². The fourth-order valence-electron chi connectivity index (χ4n) is 1.70. The Bertz CT molecular complexity index is 418. The molecular formula is C14H21FN2O. The summed E-state index contributed by atoms with van der Waals surface area (Å²) in [5, 5.41) is 0. The van der Waals surface area contributed by atoms with Crippen LogP contribution in [-0.2, 0) is 11.3 Å². The van der Waals surface area contributed by atoms with Gasteiger partial charge in [-0.25, -0.2) is 4.39 Å². The highest BCUT2D eigenvalue weighted by molar-refractivity contribution is 5.85. The van der Waals surface area contributed by atoms with Gasteiger partial charge < -0.3 is 10.6 Å². The molecule has 1 aromatic carbocycles. The van der Waals surface area contributed by atoms with Crippen molar-refractivity contribution in [2.45, 2.75) is 39.3 Å². The van der Waals surface area contributed by atoms with Crippen LogP contribution >= 0.6 is 0 Å².